The minimum absolute atomic E-state index is 0.604. The number of fused-ring (bicyclic) bond motifs is 9. The van der Waals surface area contributed by atoms with Crippen LogP contribution in [0.3, 0.4) is 0 Å². The Morgan fingerprint density at radius 2 is 0.694 bits per heavy atom. The third-order valence-corrected chi connectivity index (χ3v) is 19.4. The first-order valence-corrected chi connectivity index (χ1v) is 26.3. The van der Waals surface area contributed by atoms with E-state index in [4.69, 9.17) is 9.97 Å². The normalized spacial score (nSPS) is 11.9. The summed E-state index contributed by atoms with van der Waals surface area (Å²) in [7, 11) is -2.79. The van der Waals surface area contributed by atoms with Gasteiger partial charge in [-0.25, -0.2) is 9.97 Å². The van der Waals surface area contributed by atoms with Crippen LogP contribution in [0, 0.1) is 11.3 Å². The summed E-state index contributed by atoms with van der Waals surface area (Å²) in [6.45, 7) is 0. The van der Waals surface area contributed by atoms with Gasteiger partial charge in [-0.05, 0) is 81.4 Å². The van der Waals surface area contributed by atoms with Gasteiger partial charge in [0.25, 0.3) is 0 Å². The van der Waals surface area contributed by atoms with Crippen molar-refractivity contribution in [2.24, 2.45) is 0 Å². The minimum Gasteiger partial charge on any atom is -0.309 e. The van der Waals surface area contributed by atoms with Crippen LogP contribution in [-0.2, 0) is 0 Å². The van der Waals surface area contributed by atoms with Crippen molar-refractivity contribution in [3.05, 3.63) is 260 Å². The van der Waals surface area contributed by atoms with E-state index in [9.17, 15) is 5.26 Å². The van der Waals surface area contributed by atoms with Crippen LogP contribution in [-0.4, -0.2) is 31.7 Å². The molecule has 0 spiro atoms. The summed E-state index contributed by atoms with van der Waals surface area (Å²) in [4.78, 5) is 11.1. The van der Waals surface area contributed by atoms with Gasteiger partial charge in [0.05, 0.1) is 44.7 Å². The van der Waals surface area contributed by atoms with Crippen molar-refractivity contribution in [1.82, 2.24) is 23.7 Å². The van der Waals surface area contributed by atoms with Crippen molar-refractivity contribution in [3.63, 3.8) is 0 Å². The molecule has 72 heavy (non-hydrogen) atoms. The molecule has 6 nitrogen and oxygen atoms in total. The molecule has 0 aliphatic carbocycles. The lowest BCUT2D eigenvalue weighted by Gasteiger charge is -2.34. The second-order valence-electron chi connectivity index (χ2n) is 18.5. The van der Waals surface area contributed by atoms with E-state index in [1.165, 1.54) is 42.6 Å². The number of nitrogens with zero attached hydrogens (tertiary/aromatic N) is 6. The zero-order chi connectivity index (χ0) is 47.8. The first kappa shape index (κ1) is 41.4. The van der Waals surface area contributed by atoms with Crippen molar-refractivity contribution in [2.75, 3.05) is 0 Å². The quantitative estimate of drug-likeness (QED) is 0.113. The molecule has 0 bridgehead atoms. The van der Waals surface area contributed by atoms with Crippen LogP contribution in [0.2, 0.25) is 0 Å². The monoisotopic (exact) mass is 934 g/mol. The van der Waals surface area contributed by atoms with Crippen LogP contribution in [0.5, 0.6) is 0 Å². The summed E-state index contributed by atoms with van der Waals surface area (Å²) < 4.78 is 6.90. The molecule has 336 valence electrons. The Bertz CT molecular complexity index is 4300. The molecule has 0 fully saturated rings. The number of hydrogen-bond acceptors (Lipinski definition) is 3. The number of nitriles is 1. The molecule has 14 aromatic rings. The Kier molecular flexibility index (Phi) is 9.49. The Morgan fingerprint density at radius 3 is 1.17 bits per heavy atom. The maximum absolute atomic E-state index is 10.0. The Labute approximate surface area is 416 Å². The van der Waals surface area contributed by atoms with E-state index in [1.54, 1.807) is 0 Å². The van der Waals surface area contributed by atoms with Gasteiger partial charge < -0.3 is 4.57 Å². The summed E-state index contributed by atoms with van der Waals surface area (Å²) in [5.74, 6) is 2.08. The van der Waals surface area contributed by atoms with E-state index in [2.05, 4.69) is 256 Å². The maximum Gasteiger partial charge on any atom is 0.179 e. The van der Waals surface area contributed by atoms with E-state index in [0.29, 0.717) is 11.4 Å². The number of hydrogen-bond donors (Lipinski definition) is 0. The third-order valence-electron chi connectivity index (χ3n) is 14.6. The standard InChI is InChI=1S/C65H42N6Si/c66-43-44-32-38-61-55(40-44)53-26-12-16-30-59(53)70(61)63-42-64(71-60-31-17-13-27-54(60)56-41-46(35-39-62(56)71)69-57-28-14-10-24-51(57)52-25-11-15-29-58(52)69)68-65(67-63)45-33-36-50(37-34-45)72(47-18-4-1-5-19-47,48-20-6-2-7-21-48)49-22-8-3-9-23-49/h1-42H. The van der Waals surface area contributed by atoms with Crippen molar-refractivity contribution >= 4 is 94.2 Å². The molecule has 0 saturated heterocycles. The van der Waals surface area contributed by atoms with Crippen LogP contribution >= 0.6 is 0 Å². The van der Waals surface area contributed by atoms with Crippen molar-refractivity contribution in [2.45, 2.75) is 0 Å². The molecule has 14 rings (SSSR count). The predicted molar refractivity (Wildman–Crippen MR) is 299 cm³/mol. The summed E-state index contributed by atoms with van der Waals surface area (Å²) in [5, 5.41) is 22.0. The molecule has 0 amide bonds. The Hall–Kier alpha value is -9.61. The van der Waals surface area contributed by atoms with Crippen LogP contribution in [0.1, 0.15) is 5.56 Å². The Balaban J connectivity index is 1.01. The van der Waals surface area contributed by atoms with Crippen LogP contribution in [0.25, 0.3) is 94.1 Å². The smallest absolute Gasteiger partial charge is 0.179 e. The lowest BCUT2D eigenvalue weighted by molar-refractivity contribution is 0.994. The number of para-hydroxylation sites is 4. The minimum atomic E-state index is -2.79. The fraction of sp³-hybridized carbons (Fsp3) is 0. The lowest BCUT2D eigenvalue weighted by atomic mass is 10.1. The van der Waals surface area contributed by atoms with Crippen LogP contribution in [0.15, 0.2) is 255 Å². The lowest BCUT2D eigenvalue weighted by Crippen LogP contribution is -2.74. The van der Waals surface area contributed by atoms with Gasteiger partial charge in [-0.2, -0.15) is 5.26 Å². The predicted octanol–water partition coefficient (Wildman–Crippen LogP) is 12.7. The van der Waals surface area contributed by atoms with Gasteiger partial charge in [-0.15, -0.1) is 0 Å². The van der Waals surface area contributed by atoms with E-state index in [1.807, 2.05) is 18.2 Å². The topological polar surface area (TPSA) is 64.4 Å². The number of benzene rings is 10. The molecular weight excluding hydrogens is 893 g/mol. The molecule has 7 heteroatoms. The van der Waals surface area contributed by atoms with Crippen LogP contribution in [0.4, 0.5) is 0 Å². The zero-order valence-electron chi connectivity index (χ0n) is 38.9. The summed E-state index contributed by atoms with van der Waals surface area (Å²) in [6, 6.07) is 93.6. The Morgan fingerprint density at radius 1 is 0.319 bits per heavy atom. The van der Waals surface area contributed by atoms with Gasteiger partial charge in [-0.3, -0.25) is 9.13 Å². The molecule has 0 radical (unpaired) electrons. The highest BCUT2D eigenvalue weighted by molar-refractivity contribution is 7.19. The van der Waals surface area contributed by atoms with E-state index >= 15 is 0 Å². The fourth-order valence-corrected chi connectivity index (χ4v) is 16.3. The van der Waals surface area contributed by atoms with Crippen LogP contribution < -0.4 is 20.7 Å². The highest BCUT2D eigenvalue weighted by Gasteiger charge is 2.41. The maximum atomic E-state index is 10.0. The van der Waals surface area contributed by atoms with Crippen molar-refractivity contribution in [1.29, 1.82) is 5.26 Å². The van der Waals surface area contributed by atoms with Crippen molar-refractivity contribution in [3.8, 4) is 34.8 Å². The molecule has 0 N–H and O–H groups in total. The van der Waals surface area contributed by atoms with E-state index in [0.717, 1.165) is 66.5 Å². The van der Waals surface area contributed by atoms with E-state index < -0.39 is 8.07 Å². The second-order valence-corrected chi connectivity index (χ2v) is 22.3. The second kappa shape index (κ2) is 16.5. The molecule has 0 atom stereocenters. The molecular formula is C65H42N6Si. The summed E-state index contributed by atoms with van der Waals surface area (Å²) >= 11 is 0. The highest BCUT2D eigenvalue weighted by Crippen LogP contribution is 2.38. The fourth-order valence-electron chi connectivity index (χ4n) is 11.6. The van der Waals surface area contributed by atoms with Gasteiger partial charge in [-0.1, -0.05) is 188 Å². The molecule has 4 heterocycles. The van der Waals surface area contributed by atoms with Gasteiger partial charge in [0, 0.05) is 49.6 Å². The average Bonchev–Trinajstić information content (AvgIpc) is 4.10. The summed E-state index contributed by atoms with van der Waals surface area (Å²) in [6.07, 6.45) is 0. The van der Waals surface area contributed by atoms with E-state index in [-0.39, 0.29) is 0 Å². The summed E-state index contributed by atoms with van der Waals surface area (Å²) in [5.41, 5.74) is 8.99. The average molecular weight is 935 g/mol. The largest absolute Gasteiger partial charge is 0.309 e. The molecule has 4 aromatic heterocycles. The first-order chi connectivity index (χ1) is 35.7. The van der Waals surface area contributed by atoms with Gasteiger partial charge in [0.1, 0.15) is 11.6 Å². The highest BCUT2D eigenvalue weighted by atomic mass is 28.3. The molecule has 0 aliphatic rings. The first-order valence-electron chi connectivity index (χ1n) is 24.3. The van der Waals surface area contributed by atoms with Gasteiger partial charge in [0.2, 0.25) is 0 Å². The number of aromatic nitrogens is 5. The molecule has 0 aliphatic heterocycles. The van der Waals surface area contributed by atoms with Gasteiger partial charge in [0.15, 0.2) is 13.9 Å². The molecule has 0 saturated carbocycles. The van der Waals surface area contributed by atoms with Crippen molar-refractivity contribution < 1.29 is 0 Å². The third kappa shape index (κ3) is 6.26. The SMILES string of the molecule is N#Cc1ccc2c(c1)c1ccccc1n2-c1cc(-n2c3ccccc3c3cc(-n4c5ccccc5c5ccccc54)ccc32)nc(-c2ccc([Si](c3ccccc3)(c3ccccc3)c3ccccc3)cc2)n1. The van der Waals surface area contributed by atoms with Gasteiger partial charge >= 0.3 is 0 Å². The molecule has 10 aromatic carbocycles. The molecule has 0 unspecified atom stereocenters. The number of rotatable bonds is 8. The zero-order valence-corrected chi connectivity index (χ0v) is 39.9.